The SMILES string of the molecule is CSc1ccc(CN(C)[C@@H](C(=O)NC2CC2)c2ccccc2)cc1. The summed E-state index contributed by atoms with van der Waals surface area (Å²) in [7, 11) is 2.02. The molecular formula is C20H24N2OS. The number of carbonyl (C=O) groups excluding carboxylic acids is 1. The Morgan fingerprint density at radius 2 is 1.83 bits per heavy atom. The Labute approximate surface area is 148 Å². The number of carbonyl (C=O) groups is 1. The first-order valence-corrected chi connectivity index (χ1v) is 9.58. The van der Waals surface area contributed by atoms with Gasteiger partial charge in [0, 0.05) is 17.5 Å². The fourth-order valence-corrected chi connectivity index (χ4v) is 3.27. The van der Waals surface area contributed by atoms with E-state index in [9.17, 15) is 4.79 Å². The summed E-state index contributed by atoms with van der Waals surface area (Å²) in [5.41, 5.74) is 2.26. The summed E-state index contributed by atoms with van der Waals surface area (Å²) in [6, 6.07) is 18.7. The number of amides is 1. The smallest absolute Gasteiger partial charge is 0.242 e. The van der Waals surface area contributed by atoms with Gasteiger partial charge in [-0.2, -0.15) is 0 Å². The highest BCUT2D eigenvalue weighted by Crippen LogP contribution is 2.25. The molecule has 3 nitrogen and oxygen atoms in total. The van der Waals surface area contributed by atoms with Crippen molar-refractivity contribution in [2.24, 2.45) is 0 Å². The van der Waals surface area contributed by atoms with Crippen LogP contribution in [-0.2, 0) is 11.3 Å². The van der Waals surface area contributed by atoms with Gasteiger partial charge in [-0.25, -0.2) is 0 Å². The molecule has 1 atom stereocenters. The summed E-state index contributed by atoms with van der Waals surface area (Å²) in [4.78, 5) is 16.2. The lowest BCUT2D eigenvalue weighted by atomic mass is 10.0. The summed E-state index contributed by atoms with van der Waals surface area (Å²) in [5.74, 6) is 0.104. The van der Waals surface area contributed by atoms with Crippen molar-refractivity contribution < 1.29 is 4.79 Å². The first-order chi connectivity index (χ1) is 11.7. The number of hydrogen-bond acceptors (Lipinski definition) is 3. The quantitative estimate of drug-likeness (QED) is 0.777. The van der Waals surface area contributed by atoms with E-state index in [2.05, 4.69) is 40.7 Å². The maximum Gasteiger partial charge on any atom is 0.242 e. The van der Waals surface area contributed by atoms with Crippen molar-refractivity contribution >= 4 is 17.7 Å². The zero-order chi connectivity index (χ0) is 16.9. The maximum atomic E-state index is 12.8. The predicted octanol–water partition coefficient (Wildman–Crippen LogP) is 3.86. The molecule has 3 rings (SSSR count). The van der Waals surface area contributed by atoms with E-state index in [0.29, 0.717) is 6.04 Å². The van der Waals surface area contributed by atoms with Gasteiger partial charge in [0.2, 0.25) is 5.91 Å². The zero-order valence-corrected chi connectivity index (χ0v) is 15.1. The van der Waals surface area contributed by atoms with E-state index in [4.69, 9.17) is 0 Å². The Morgan fingerprint density at radius 3 is 2.42 bits per heavy atom. The molecule has 1 aliphatic rings. The van der Waals surface area contributed by atoms with Crippen LogP contribution in [0.2, 0.25) is 0 Å². The molecule has 126 valence electrons. The van der Waals surface area contributed by atoms with E-state index in [1.165, 1.54) is 10.5 Å². The van der Waals surface area contributed by atoms with Crippen molar-refractivity contribution in [3.8, 4) is 0 Å². The molecule has 0 aliphatic heterocycles. The molecule has 4 heteroatoms. The van der Waals surface area contributed by atoms with E-state index in [1.807, 2.05) is 37.4 Å². The standard InChI is InChI=1S/C20H24N2OS/c1-22(14-15-8-12-18(24-2)13-9-15)19(16-6-4-3-5-7-16)20(23)21-17-10-11-17/h3-9,12-13,17,19H,10-11,14H2,1-2H3,(H,21,23)/t19-/m1/s1. The van der Waals surface area contributed by atoms with E-state index in [0.717, 1.165) is 24.9 Å². The maximum absolute atomic E-state index is 12.8. The van der Waals surface area contributed by atoms with Crippen LogP contribution in [0.3, 0.4) is 0 Å². The molecule has 1 N–H and O–H groups in total. The van der Waals surface area contributed by atoms with E-state index >= 15 is 0 Å². The average Bonchev–Trinajstić information content (AvgIpc) is 3.40. The molecule has 0 unspecified atom stereocenters. The van der Waals surface area contributed by atoms with Gasteiger partial charge in [-0.15, -0.1) is 11.8 Å². The summed E-state index contributed by atoms with van der Waals surface area (Å²) < 4.78 is 0. The van der Waals surface area contributed by atoms with E-state index in [-0.39, 0.29) is 11.9 Å². The summed E-state index contributed by atoms with van der Waals surface area (Å²) in [6.45, 7) is 0.742. The van der Waals surface area contributed by atoms with Crippen LogP contribution < -0.4 is 5.32 Å². The van der Waals surface area contributed by atoms with Gasteiger partial charge in [0.15, 0.2) is 0 Å². The minimum Gasteiger partial charge on any atom is -0.352 e. The Balaban J connectivity index is 1.76. The Morgan fingerprint density at radius 1 is 1.17 bits per heavy atom. The summed E-state index contributed by atoms with van der Waals surface area (Å²) >= 11 is 1.74. The van der Waals surface area contributed by atoms with Crippen LogP contribution in [0.5, 0.6) is 0 Å². The van der Waals surface area contributed by atoms with Crippen LogP contribution in [0.15, 0.2) is 59.5 Å². The predicted molar refractivity (Wildman–Crippen MR) is 100 cm³/mol. The lowest BCUT2D eigenvalue weighted by Gasteiger charge is -2.27. The second-order valence-electron chi connectivity index (χ2n) is 6.36. The molecule has 24 heavy (non-hydrogen) atoms. The van der Waals surface area contributed by atoms with Gasteiger partial charge in [0.1, 0.15) is 6.04 Å². The number of rotatable bonds is 7. The molecule has 2 aromatic rings. The van der Waals surface area contributed by atoms with Crippen LogP contribution in [-0.4, -0.2) is 30.2 Å². The third-order valence-corrected chi connectivity index (χ3v) is 5.06. The second kappa shape index (κ2) is 7.86. The Hall–Kier alpha value is -1.78. The molecule has 2 aromatic carbocycles. The molecular weight excluding hydrogens is 316 g/mol. The molecule has 1 fully saturated rings. The number of nitrogens with one attached hydrogen (secondary N) is 1. The fourth-order valence-electron chi connectivity index (χ4n) is 2.86. The summed E-state index contributed by atoms with van der Waals surface area (Å²) in [5, 5.41) is 3.15. The van der Waals surface area contributed by atoms with Crippen molar-refractivity contribution in [3.05, 3.63) is 65.7 Å². The Bertz CT molecular complexity index is 668. The lowest BCUT2D eigenvalue weighted by Crippen LogP contribution is -2.39. The molecule has 0 radical (unpaired) electrons. The number of benzene rings is 2. The normalized spacial score (nSPS) is 15.3. The van der Waals surface area contributed by atoms with Gasteiger partial charge < -0.3 is 5.32 Å². The molecule has 0 aromatic heterocycles. The van der Waals surface area contributed by atoms with Gasteiger partial charge in [-0.3, -0.25) is 9.69 Å². The Kier molecular flexibility index (Phi) is 5.59. The average molecular weight is 340 g/mol. The number of hydrogen-bond donors (Lipinski definition) is 1. The third kappa shape index (κ3) is 4.40. The molecule has 1 amide bonds. The van der Waals surface area contributed by atoms with Gasteiger partial charge in [-0.1, -0.05) is 42.5 Å². The fraction of sp³-hybridized carbons (Fsp3) is 0.350. The van der Waals surface area contributed by atoms with Crippen LogP contribution in [0.1, 0.15) is 30.0 Å². The largest absolute Gasteiger partial charge is 0.352 e. The summed E-state index contributed by atoms with van der Waals surface area (Å²) in [6.07, 6.45) is 4.29. The monoisotopic (exact) mass is 340 g/mol. The highest BCUT2D eigenvalue weighted by atomic mass is 32.2. The molecule has 1 aliphatic carbocycles. The number of likely N-dealkylation sites (N-methyl/N-ethyl adjacent to an activating group) is 1. The molecule has 1 saturated carbocycles. The van der Waals surface area contributed by atoms with Crippen molar-refractivity contribution in [2.45, 2.75) is 36.4 Å². The van der Waals surface area contributed by atoms with Gasteiger partial charge >= 0.3 is 0 Å². The number of nitrogens with zero attached hydrogens (tertiary/aromatic N) is 1. The van der Waals surface area contributed by atoms with Gasteiger partial charge in [0.25, 0.3) is 0 Å². The molecule has 0 bridgehead atoms. The first kappa shape index (κ1) is 17.1. The van der Waals surface area contributed by atoms with Crippen LogP contribution >= 0.6 is 11.8 Å². The number of thioether (sulfide) groups is 1. The van der Waals surface area contributed by atoms with Crippen molar-refractivity contribution in [3.63, 3.8) is 0 Å². The highest BCUT2D eigenvalue weighted by molar-refractivity contribution is 7.98. The minimum absolute atomic E-state index is 0.104. The van der Waals surface area contributed by atoms with Crippen molar-refractivity contribution in [1.82, 2.24) is 10.2 Å². The molecule has 0 saturated heterocycles. The van der Waals surface area contributed by atoms with Crippen LogP contribution in [0, 0.1) is 0 Å². The topological polar surface area (TPSA) is 32.3 Å². The van der Waals surface area contributed by atoms with Gasteiger partial charge in [-0.05, 0) is 49.4 Å². The van der Waals surface area contributed by atoms with Crippen LogP contribution in [0.4, 0.5) is 0 Å². The minimum atomic E-state index is -0.257. The molecule has 0 spiro atoms. The first-order valence-electron chi connectivity index (χ1n) is 8.36. The van der Waals surface area contributed by atoms with Crippen molar-refractivity contribution in [2.75, 3.05) is 13.3 Å². The zero-order valence-electron chi connectivity index (χ0n) is 14.2. The molecule has 0 heterocycles. The van der Waals surface area contributed by atoms with Gasteiger partial charge in [0.05, 0.1) is 0 Å². The van der Waals surface area contributed by atoms with Crippen molar-refractivity contribution in [1.29, 1.82) is 0 Å². The lowest BCUT2D eigenvalue weighted by molar-refractivity contribution is -0.126. The van der Waals surface area contributed by atoms with E-state index in [1.54, 1.807) is 11.8 Å². The second-order valence-corrected chi connectivity index (χ2v) is 7.24. The third-order valence-electron chi connectivity index (χ3n) is 4.32. The van der Waals surface area contributed by atoms with E-state index < -0.39 is 0 Å². The highest BCUT2D eigenvalue weighted by Gasteiger charge is 2.30. The van der Waals surface area contributed by atoms with Crippen LogP contribution in [0.25, 0.3) is 0 Å².